The van der Waals surface area contributed by atoms with Gasteiger partial charge in [0.2, 0.25) is 5.91 Å². The van der Waals surface area contributed by atoms with Gasteiger partial charge in [-0.05, 0) is 37.6 Å². The molecule has 0 spiro atoms. The lowest BCUT2D eigenvalue weighted by Crippen LogP contribution is -2.55. The Labute approximate surface area is 155 Å². The van der Waals surface area contributed by atoms with E-state index in [1.165, 1.54) is 17.4 Å². The van der Waals surface area contributed by atoms with Crippen LogP contribution in [0.2, 0.25) is 0 Å². The van der Waals surface area contributed by atoms with Crippen molar-refractivity contribution in [1.29, 1.82) is 0 Å². The van der Waals surface area contributed by atoms with Crippen LogP contribution in [0.1, 0.15) is 23.3 Å². The number of carbonyl (C=O) groups is 1. The Hall–Kier alpha value is -1.84. The number of piperidine rings is 1. The first-order valence-corrected chi connectivity index (χ1v) is 10.9. The lowest BCUT2D eigenvalue weighted by Gasteiger charge is -2.33. The fourth-order valence-corrected chi connectivity index (χ4v) is 5.25. The SMILES string of the molecule is CS(=O)(=O)C1(C(=O)Nc2ncc(Cc3ccccc3F)s2)CCNCC1. The summed E-state index contributed by atoms with van der Waals surface area (Å²) in [6.07, 6.45) is 3.49. The zero-order valence-electron chi connectivity index (χ0n) is 14.3. The van der Waals surface area contributed by atoms with Crippen LogP contribution in [0.25, 0.3) is 0 Å². The van der Waals surface area contributed by atoms with Crippen molar-refractivity contribution in [2.75, 3.05) is 24.7 Å². The van der Waals surface area contributed by atoms with Crippen molar-refractivity contribution in [2.24, 2.45) is 0 Å². The molecule has 3 rings (SSSR count). The number of nitrogens with zero attached hydrogens (tertiary/aromatic N) is 1. The summed E-state index contributed by atoms with van der Waals surface area (Å²) < 4.78 is 36.9. The summed E-state index contributed by atoms with van der Waals surface area (Å²) in [6, 6.07) is 6.48. The quantitative estimate of drug-likeness (QED) is 0.805. The molecule has 0 atom stereocenters. The zero-order chi connectivity index (χ0) is 18.8. The first kappa shape index (κ1) is 18.9. The fourth-order valence-electron chi connectivity index (χ4n) is 3.08. The van der Waals surface area contributed by atoms with Crippen LogP contribution in [-0.2, 0) is 21.1 Å². The Morgan fingerprint density at radius 1 is 1.35 bits per heavy atom. The van der Waals surface area contributed by atoms with Gasteiger partial charge in [0.1, 0.15) is 5.82 Å². The van der Waals surface area contributed by atoms with E-state index in [0.29, 0.717) is 30.2 Å². The third-order valence-electron chi connectivity index (χ3n) is 4.63. The standard InChI is InChI=1S/C17H20FN3O3S2/c1-26(23,24)17(6-8-19-9-7-17)15(22)21-16-20-11-13(25-16)10-12-4-2-3-5-14(12)18/h2-5,11,19H,6-10H2,1H3,(H,20,21,22). The van der Waals surface area contributed by atoms with Gasteiger partial charge in [0.25, 0.3) is 0 Å². The number of carbonyl (C=O) groups excluding carboxylic acids is 1. The second-order valence-electron chi connectivity index (χ2n) is 6.37. The number of hydrogen-bond acceptors (Lipinski definition) is 6. The minimum Gasteiger partial charge on any atom is -0.317 e. The van der Waals surface area contributed by atoms with Crippen molar-refractivity contribution < 1.29 is 17.6 Å². The van der Waals surface area contributed by atoms with E-state index in [4.69, 9.17) is 0 Å². The third kappa shape index (κ3) is 3.79. The largest absolute Gasteiger partial charge is 0.317 e. The van der Waals surface area contributed by atoms with Crippen molar-refractivity contribution >= 4 is 32.2 Å². The molecule has 140 valence electrons. The minimum atomic E-state index is -3.58. The summed E-state index contributed by atoms with van der Waals surface area (Å²) in [5.41, 5.74) is 0.542. The molecule has 2 N–H and O–H groups in total. The number of rotatable bonds is 5. The van der Waals surface area contributed by atoms with Gasteiger partial charge in [-0.2, -0.15) is 0 Å². The third-order valence-corrected chi connectivity index (χ3v) is 7.56. The number of sulfone groups is 1. The Morgan fingerprint density at radius 3 is 2.69 bits per heavy atom. The Morgan fingerprint density at radius 2 is 2.04 bits per heavy atom. The number of aromatic nitrogens is 1. The van der Waals surface area contributed by atoms with Gasteiger partial charge in [-0.15, -0.1) is 11.3 Å². The smallest absolute Gasteiger partial charge is 0.247 e. The van der Waals surface area contributed by atoms with Crippen molar-refractivity contribution in [3.05, 3.63) is 46.7 Å². The summed E-state index contributed by atoms with van der Waals surface area (Å²) in [5.74, 6) is -0.842. The van der Waals surface area contributed by atoms with Crippen LogP contribution in [0.5, 0.6) is 0 Å². The summed E-state index contributed by atoms with van der Waals surface area (Å²) in [6.45, 7) is 0.938. The van der Waals surface area contributed by atoms with Crippen molar-refractivity contribution in [3.8, 4) is 0 Å². The summed E-state index contributed by atoms with van der Waals surface area (Å²) in [5, 5.41) is 6.04. The summed E-state index contributed by atoms with van der Waals surface area (Å²) in [7, 11) is -3.58. The number of amides is 1. The van der Waals surface area contributed by atoms with Gasteiger partial charge in [-0.25, -0.2) is 17.8 Å². The number of halogens is 1. The van der Waals surface area contributed by atoms with Gasteiger partial charge in [-0.3, -0.25) is 4.79 Å². The molecule has 0 unspecified atom stereocenters. The fraction of sp³-hybridized carbons (Fsp3) is 0.412. The highest BCUT2D eigenvalue weighted by Gasteiger charge is 2.48. The highest BCUT2D eigenvalue weighted by molar-refractivity contribution is 7.92. The number of benzene rings is 1. The summed E-state index contributed by atoms with van der Waals surface area (Å²) >= 11 is 1.22. The predicted molar refractivity (Wildman–Crippen MR) is 99.6 cm³/mol. The summed E-state index contributed by atoms with van der Waals surface area (Å²) in [4.78, 5) is 17.7. The van der Waals surface area contributed by atoms with Gasteiger partial charge in [0.15, 0.2) is 19.7 Å². The maximum absolute atomic E-state index is 13.8. The van der Waals surface area contributed by atoms with Gasteiger partial charge >= 0.3 is 0 Å². The molecular formula is C17H20FN3O3S2. The zero-order valence-corrected chi connectivity index (χ0v) is 15.9. The van der Waals surface area contributed by atoms with E-state index in [1.54, 1.807) is 24.4 Å². The highest BCUT2D eigenvalue weighted by Crippen LogP contribution is 2.30. The van der Waals surface area contributed by atoms with Gasteiger partial charge in [0.05, 0.1) is 0 Å². The van der Waals surface area contributed by atoms with Crippen LogP contribution in [0.4, 0.5) is 9.52 Å². The number of anilines is 1. The molecule has 6 nitrogen and oxygen atoms in total. The average Bonchev–Trinajstić information content (AvgIpc) is 3.03. The van der Waals surface area contributed by atoms with E-state index in [-0.39, 0.29) is 18.7 Å². The Kier molecular flexibility index (Phi) is 5.40. The molecule has 0 aliphatic carbocycles. The van der Waals surface area contributed by atoms with Crippen LogP contribution in [0.3, 0.4) is 0 Å². The van der Waals surface area contributed by atoms with Crippen molar-refractivity contribution in [1.82, 2.24) is 10.3 Å². The number of thiazole rings is 1. The number of hydrogen-bond donors (Lipinski definition) is 2. The van der Waals surface area contributed by atoms with Gasteiger partial charge in [-0.1, -0.05) is 18.2 Å². The van der Waals surface area contributed by atoms with E-state index in [2.05, 4.69) is 15.6 Å². The molecule has 0 bridgehead atoms. The molecule has 1 aromatic carbocycles. The molecular weight excluding hydrogens is 377 g/mol. The first-order valence-electron chi connectivity index (χ1n) is 8.22. The van der Waals surface area contributed by atoms with Crippen LogP contribution in [0, 0.1) is 5.82 Å². The molecule has 1 saturated heterocycles. The van der Waals surface area contributed by atoms with Crippen LogP contribution >= 0.6 is 11.3 Å². The molecule has 2 aromatic rings. The second-order valence-corrected chi connectivity index (χ2v) is 9.81. The molecule has 0 radical (unpaired) electrons. The highest BCUT2D eigenvalue weighted by atomic mass is 32.2. The molecule has 9 heteroatoms. The molecule has 1 fully saturated rings. The molecule has 1 amide bonds. The van der Waals surface area contributed by atoms with E-state index < -0.39 is 20.5 Å². The van der Waals surface area contributed by atoms with Crippen LogP contribution < -0.4 is 10.6 Å². The second kappa shape index (κ2) is 7.42. The topological polar surface area (TPSA) is 88.2 Å². The maximum Gasteiger partial charge on any atom is 0.247 e. The van der Waals surface area contributed by atoms with E-state index >= 15 is 0 Å². The monoisotopic (exact) mass is 397 g/mol. The molecule has 1 aliphatic heterocycles. The van der Waals surface area contributed by atoms with Crippen molar-refractivity contribution in [3.63, 3.8) is 0 Å². The molecule has 1 aliphatic rings. The first-order chi connectivity index (χ1) is 12.3. The van der Waals surface area contributed by atoms with Crippen LogP contribution in [-0.4, -0.2) is 43.4 Å². The number of nitrogens with one attached hydrogen (secondary N) is 2. The molecule has 0 saturated carbocycles. The maximum atomic E-state index is 13.8. The lowest BCUT2D eigenvalue weighted by molar-refractivity contribution is -0.119. The molecule has 1 aromatic heterocycles. The van der Waals surface area contributed by atoms with E-state index in [9.17, 15) is 17.6 Å². The van der Waals surface area contributed by atoms with Gasteiger partial charge in [0, 0.05) is 23.8 Å². The van der Waals surface area contributed by atoms with Crippen molar-refractivity contribution in [2.45, 2.75) is 24.0 Å². The Bertz CT molecular complexity index is 905. The Balaban J connectivity index is 1.76. The predicted octanol–water partition coefficient (Wildman–Crippen LogP) is 1.98. The average molecular weight is 397 g/mol. The van der Waals surface area contributed by atoms with Crippen LogP contribution in [0.15, 0.2) is 30.5 Å². The van der Waals surface area contributed by atoms with E-state index in [1.807, 2.05) is 0 Å². The molecule has 26 heavy (non-hydrogen) atoms. The lowest BCUT2D eigenvalue weighted by atomic mass is 9.96. The van der Waals surface area contributed by atoms with E-state index in [0.717, 1.165) is 11.1 Å². The van der Waals surface area contributed by atoms with Gasteiger partial charge < -0.3 is 10.6 Å². The normalized spacial score (nSPS) is 17.0. The molecule has 2 heterocycles. The minimum absolute atomic E-state index is 0.227.